The highest BCUT2D eigenvalue weighted by Gasteiger charge is 2.07. The first kappa shape index (κ1) is 14.3. The molecule has 0 unspecified atom stereocenters. The van der Waals surface area contributed by atoms with Crippen molar-refractivity contribution in [2.45, 2.75) is 6.92 Å². The first-order valence-corrected chi connectivity index (χ1v) is 6.46. The maximum Gasteiger partial charge on any atom is 0.163 e. The van der Waals surface area contributed by atoms with Crippen molar-refractivity contribution in [2.75, 3.05) is 7.11 Å². The number of methoxy groups -OCH3 is 1. The van der Waals surface area contributed by atoms with E-state index < -0.39 is 0 Å². The fourth-order valence-corrected chi connectivity index (χ4v) is 1.88. The van der Waals surface area contributed by atoms with Gasteiger partial charge in [-0.1, -0.05) is 17.7 Å². The number of Topliss-reactive ketones (excluding diaryl/α,β-unsaturated/α-hetero) is 1. The lowest BCUT2D eigenvalue weighted by atomic mass is 10.1. The number of carbonyl (C=O) groups excluding carboxylic acids is 1. The Morgan fingerprint density at radius 1 is 1.20 bits per heavy atom. The van der Waals surface area contributed by atoms with Gasteiger partial charge in [-0.05, 0) is 48.9 Å². The number of hydrogen-bond donors (Lipinski definition) is 0. The molecule has 0 fully saturated rings. The Morgan fingerprint density at radius 2 is 1.90 bits per heavy atom. The zero-order valence-electron chi connectivity index (χ0n) is 11.3. The summed E-state index contributed by atoms with van der Waals surface area (Å²) in [6.45, 7) is 1.51. The molecule has 0 bridgehead atoms. The predicted molar refractivity (Wildman–Crippen MR) is 81.7 cm³/mol. The Morgan fingerprint density at radius 3 is 2.50 bits per heavy atom. The number of ether oxygens (including phenoxy) is 1. The van der Waals surface area contributed by atoms with E-state index in [0.29, 0.717) is 16.3 Å². The van der Waals surface area contributed by atoms with Crippen LogP contribution >= 0.6 is 11.6 Å². The highest BCUT2D eigenvalue weighted by molar-refractivity contribution is 6.30. The topological polar surface area (TPSA) is 38.7 Å². The Kier molecular flexibility index (Phi) is 4.53. The van der Waals surface area contributed by atoms with Gasteiger partial charge in [0.1, 0.15) is 5.75 Å². The number of ketones is 1. The van der Waals surface area contributed by atoms with E-state index >= 15 is 0 Å². The number of halogens is 1. The molecule has 20 heavy (non-hydrogen) atoms. The molecular weight excluding hydrogens is 274 g/mol. The minimum atomic E-state index is -0.0250. The lowest BCUT2D eigenvalue weighted by Crippen LogP contribution is -1.98. The molecule has 0 N–H and O–H groups in total. The first-order chi connectivity index (χ1) is 9.60. The van der Waals surface area contributed by atoms with Crippen molar-refractivity contribution >= 4 is 29.3 Å². The van der Waals surface area contributed by atoms with Crippen molar-refractivity contribution in [2.24, 2.45) is 4.99 Å². The molecule has 2 rings (SSSR count). The molecule has 0 saturated heterocycles. The molecule has 2 aromatic carbocycles. The molecule has 3 nitrogen and oxygen atoms in total. The average molecular weight is 288 g/mol. The Labute approximate surface area is 122 Å². The maximum atomic E-state index is 11.4. The molecule has 0 aliphatic heterocycles. The number of aliphatic imine (C=N–C) groups is 1. The lowest BCUT2D eigenvalue weighted by Gasteiger charge is -2.06. The van der Waals surface area contributed by atoms with Gasteiger partial charge in [-0.2, -0.15) is 0 Å². The molecule has 0 aliphatic rings. The Balaban J connectivity index is 2.25. The van der Waals surface area contributed by atoms with Crippen LogP contribution in [0.2, 0.25) is 5.02 Å². The number of nitrogens with zero attached hydrogens (tertiary/aromatic N) is 1. The first-order valence-electron chi connectivity index (χ1n) is 6.09. The van der Waals surface area contributed by atoms with Crippen molar-refractivity contribution in [3.8, 4) is 5.75 Å². The summed E-state index contributed by atoms with van der Waals surface area (Å²) < 4.78 is 5.22. The molecule has 4 heteroatoms. The summed E-state index contributed by atoms with van der Waals surface area (Å²) in [5, 5.41) is 0.677. The SMILES string of the molecule is COc1cc(C=Nc2ccc(Cl)cc2)ccc1C(C)=O. The zero-order chi connectivity index (χ0) is 14.5. The third kappa shape index (κ3) is 3.45. The van der Waals surface area contributed by atoms with Crippen LogP contribution in [0.5, 0.6) is 5.75 Å². The molecule has 0 atom stereocenters. The Hall–Kier alpha value is -2.13. The van der Waals surface area contributed by atoms with Gasteiger partial charge in [-0.15, -0.1) is 0 Å². The van der Waals surface area contributed by atoms with Gasteiger partial charge >= 0.3 is 0 Å². The van der Waals surface area contributed by atoms with E-state index in [1.165, 1.54) is 6.92 Å². The van der Waals surface area contributed by atoms with Crippen LogP contribution < -0.4 is 4.74 Å². The molecule has 0 aliphatic carbocycles. The third-order valence-electron chi connectivity index (χ3n) is 2.79. The van der Waals surface area contributed by atoms with Crippen LogP contribution in [-0.2, 0) is 0 Å². The van der Waals surface area contributed by atoms with Gasteiger partial charge < -0.3 is 4.74 Å². The molecular formula is C16H14ClNO2. The summed E-state index contributed by atoms with van der Waals surface area (Å²) in [4.78, 5) is 15.8. The largest absolute Gasteiger partial charge is 0.496 e. The molecule has 102 valence electrons. The van der Waals surface area contributed by atoms with E-state index in [-0.39, 0.29) is 5.78 Å². The van der Waals surface area contributed by atoms with Gasteiger partial charge in [-0.25, -0.2) is 0 Å². The summed E-state index contributed by atoms with van der Waals surface area (Å²) in [6.07, 6.45) is 1.72. The molecule has 0 amide bonds. The molecule has 0 saturated carbocycles. The molecule has 0 spiro atoms. The van der Waals surface area contributed by atoms with Crippen molar-refractivity contribution in [3.05, 3.63) is 58.6 Å². The molecule has 2 aromatic rings. The van der Waals surface area contributed by atoms with Crippen LogP contribution in [0, 0.1) is 0 Å². The number of carbonyl (C=O) groups is 1. The van der Waals surface area contributed by atoms with Crippen molar-refractivity contribution in [3.63, 3.8) is 0 Å². The summed E-state index contributed by atoms with van der Waals surface area (Å²) in [7, 11) is 1.54. The van der Waals surface area contributed by atoms with Crippen molar-refractivity contribution in [1.29, 1.82) is 0 Å². The fraction of sp³-hybridized carbons (Fsp3) is 0.125. The maximum absolute atomic E-state index is 11.4. The Bertz CT molecular complexity index is 648. The van der Waals surface area contributed by atoms with Crippen LogP contribution in [0.3, 0.4) is 0 Å². The van der Waals surface area contributed by atoms with Crippen LogP contribution in [0.4, 0.5) is 5.69 Å². The van der Waals surface area contributed by atoms with Gasteiger partial charge in [0.25, 0.3) is 0 Å². The molecule has 0 aromatic heterocycles. The fourth-order valence-electron chi connectivity index (χ4n) is 1.76. The highest BCUT2D eigenvalue weighted by Crippen LogP contribution is 2.21. The lowest BCUT2D eigenvalue weighted by molar-refractivity contribution is 0.101. The number of hydrogen-bond acceptors (Lipinski definition) is 3. The average Bonchev–Trinajstić information content (AvgIpc) is 2.46. The second-order valence-corrected chi connectivity index (χ2v) is 4.69. The number of benzene rings is 2. The van der Waals surface area contributed by atoms with Crippen LogP contribution in [0.25, 0.3) is 0 Å². The van der Waals surface area contributed by atoms with Crippen molar-refractivity contribution in [1.82, 2.24) is 0 Å². The van der Waals surface area contributed by atoms with Gasteiger partial charge in [-0.3, -0.25) is 9.79 Å². The monoisotopic (exact) mass is 287 g/mol. The predicted octanol–water partition coefficient (Wildman–Crippen LogP) is 4.30. The van der Waals surface area contributed by atoms with E-state index in [2.05, 4.69) is 4.99 Å². The minimum absolute atomic E-state index is 0.0250. The second-order valence-electron chi connectivity index (χ2n) is 4.25. The smallest absolute Gasteiger partial charge is 0.163 e. The highest BCUT2D eigenvalue weighted by atomic mass is 35.5. The van der Waals surface area contributed by atoms with E-state index in [1.807, 2.05) is 18.2 Å². The van der Waals surface area contributed by atoms with E-state index in [9.17, 15) is 4.79 Å². The molecule has 0 heterocycles. The van der Waals surface area contributed by atoms with E-state index in [4.69, 9.17) is 16.3 Å². The van der Waals surface area contributed by atoms with Crippen molar-refractivity contribution < 1.29 is 9.53 Å². The van der Waals surface area contributed by atoms with Crippen LogP contribution in [-0.4, -0.2) is 19.1 Å². The van der Waals surface area contributed by atoms with E-state index in [1.54, 1.807) is 37.6 Å². The van der Waals surface area contributed by atoms with Gasteiger partial charge in [0.2, 0.25) is 0 Å². The summed E-state index contributed by atoms with van der Waals surface area (Å²) in [6, 6.07) is 12.6. The van der Waals surface area contributed by atoms with Gasteiger partial charge in [0.15, 0.2) is 5.78 Å². The molecule has 0 radical (unpaired) electrons. The summed E-state index contributed by atoms with van der Waals surface area (Å²) >= 11 is 5.82. The van der Waals surface area contributed by atoms with Crippen LogP contribution in [0.1, 0.15) is 22.8 Å². The van der Waals surface area contributed by atoms with Gasteiger partial charge in [0, 0.05) is 11.2 Å². The van der Waals surface area contributed by atoms with Crippen LogP contribution in [0.15, 0.2) is 47.5 Å². The van der Waals surface area contributed by atoms with E-state index in [0.717, 1.165) is 11.3 Å². The zero-order valence-corrected chi connectivity index (χ0v) is 12.0. The van der Waals surface area contributed by atoms with Gasteiger partial charge in [0.05, 0.1) is 18.4 Å². The summed E-state index contributed by atoms with van der Waals surface area (Å²) in [5.41, 5.74) is 2.24. The summed E-state index contributed by atoms with van der Waals surface area (Å²) in [5.74, 6) is 0.528. The normalized spacial score (nSPS) is 10.8. The minimum Gasteiger partial charge on any atom is -0.496 e. The number of rotatable bonds is 4. The second kappa shape index (κ2) is 6.35. The standard InChI is InChI=1S/C16H14ClNO2/c1-11(19)15-8-3-12(9-16(15)20-2)10-18-14-6-4-13(17)5-7-14/h3-10H,1-2H3. The quantitative estimate of drug-likeness (QED) is 0.621. The third-order valence-corrected chi connectivity index (χ3v) is 3.05.